The van der Waals surface area contributed by atoms with Crippen molar-refractivity contribution in [1.29, 1.82) is 0 Å². The number of amides is 1. The number of hydrogen-bond acceptors (Lipinski definition) is 3. The summed E-state index contributed by atoms with van der Waals surface area (Å²) in [7, 11) is 0. The van der Waals surface area contributed by atoms with Gasteiger partial charge in [0.25, 0.3) is 5.91 Å². The van der Waals surface area contributed by atoms with Crippen molar-refractivity contribution < 1.29 is 9.53 Å². The van der Waals surface area contributed by atoms with Gasteiger partial charge in [-0.1, -0.05) is 24.3 Å². The minimum absolute atomic E-state index is 0.0662. The van der Waals surface area contributed by atoms with Gasteiger partial charge in [0.1, 0.15) is 5.75 Å². The van der Waals surface area contributed by atoms with Crippen molar-refractivity contribution in [2.45, 2.75) is 40.7 Å². The Labute approximate surface area is 162 Å². The zero-order valence-corrected chi connectivity index (χ0v) is 17.1. The average molecular weight is 367 g/mol. The van der Waals surface area contributed by atoms with Crippen LogP contribution in [0.15, 0.2) is 36.4 Å². The van der Waals surface area contributed by atoms with Crippen molar-refractivity contribution in [2.24, 2.45) is 0 Å². The zero-order chi connectivity index (χ0) is 19.6. The summed E-state index contributed by atoms with van der Waals surface area (Å²) in [5, 5.41) is 0. The van der Waals surface area contributed by atoms with Crippen LogP contribution in [-0.2, 0) is 4.79 Å². The minimum atomic E-state index is -0.474. The Morgan fingerprint density at radius 3 is 2.15 bits per heavy atom. The van der Waals surface area contributed by atoms with E-state index in [-0.39, 0.29) is 5.91 Å². The van der Waals surface area contributed by atoms with Crippen LogP contribution >= 0.6 is 0 Å². The maximum Gasteiger partial charge on any atom is 0.263 e. The first-order chi connectivity index (χ1) is 12.9. The number of nitrogens with zero attached hydrogens (tertiary/aromatic N) is 2. The second-order valence-corrected chi connectivity index (χ2v) is 7.49. The van der Waals surface area contributed by atoms with E-state index in [1.165, 1.54) is 22.4 Å². The Morgan fingerprint density at radius 1 is 0.889 bits per heavy atom. The molecule has 4 heteroatoms. The second-order valence-electron chi connectivity index (χ2n) is 7.49. The molecule has 0 radical (unpaired) electrons. The standard InChI is InChI=1S/C23H30N2O2/c1-16-8-6-10-21(18(16)3)24-12-14-25(15-13-24)23(26)20(5)27-22-11-7-9-17(2)19(22)4/h6-11,20H,12-15H2,1-5H3. The Morgan fingerprint density at radius 2 is 1.48 bits per heavy atom. The van der Waals surface area contributed by atoms with Crippen LogP contribution in [-0.4, -0.2) is 43.1 Å². The van der Waals surface area contributed by atoms with E-state index >= 15 is 0 Å². The molecule has 27 heavy (non-hydrogen) atoms. The van der Waals surface area contributed by atoms with E-state index in [1.807, 2.05) is 30.9 Å². The molecule has 1 amide bonds. The predicted octanol–water partition coefficient (Wildman–Crippen LogP) is 4.04. The smallest absolute Gasteiger partial charge is 0.263 e. The number of carbonyl (C=O) groups excluding carboxylic acids is 1. The predicted molar refractivity (Wildman–Crippen MR) is 111 cm³/mol. The van der Waals surface area contributed by atoms with Gasteiger partial charge in [0.2, 0.25) is 0 Å². The lowest BCUT2D eigenvalue weighted by atomic mass is 10.1. The third-order valence-electron chi connectivity index (χ3n) is 5.71. The highest BCUT2D eigenvalue weighted by molar-refractivity contribution is 5.81. The van der Waals surface area contributed by atoms with Gasteiger partial charge in [0.05, 0.1) is 0 Å². The summed E-state index contributed by atoms with van der Waals surface area (Å²) in [6.07, 6.45) is -0.474. The first-order valence-corrected chi connectivity index (χ1v) is 9.71. The van der Waals surface area contributed by atoms with Crippen LogP contribution in [0.3, 0.4) is 0 Å². The number of piperazine rings is 1. The fourth-order valence-corrected chi connectivity index (χ4v) is 3.60. The molecule has 1 unspecified atom stereocenters. The minimum Gasteiger partial charge on any atom is -0.481 e. The molecular formula is C23H30N2O2. The van der Waals surface area contributed by atoms with Gasteiger partial charge >= 0.3 is 0 Å². The second kappa shape index (κ2) is 8.03. The lowest BCUT2D eigenvalue weighted by Crippen LogP contribution is -2.52. The molecule has 2 aromatic carbocycles. The molecular weight excluding hydrogens is 336 g/mol. The fourth-order valence-electron chi connectivity index (χ4n) is 3.60. The van der Waals surface area contributed by atoms with Gasteiger partial charge < -0.3 is 14.5 Å². The van der Waals surface area contributed by atoms with Crippen molar-refractivity contribution in [2.75, 3.05) is 31.1 Å². The van der Waals surface area contributed by atoms with E-state index < -0.39 is 6.10 Å². The average Bonchev–Trinajstić information content (AvgIpc) is 2.67. The Bertz CT molecular complexity index is 823. The number of ether oxygens (including phenoxy) is 1. The van der Waals surface area contributed by atoms with Gasteiger partial charge in [-0.05, 0) is 69.0 Å². The van der Waals surface area contributed by atoms with Crippen molar-refractivity contribution in [3.05, 3.63) is 58.7 Å². The molecule has 1 atom stereocenters. The first-order valence-electron chi connectivity index (χ1n) is 9.71. The molecule has 4 nitrogen and oxygen atoms in total. The molecule has 144 valence electrons. The van der Waals surface area contributed by atoms with Crippen LogP contribution in [0.25, 0.3) is 0 Å². The Hall–Kier alpha value is -2.49. The fraction of sp³-hybridized carbons (Fsp3) is 0.435. The molecule has 1 heterocycles. The highest BCUT2D eigenvalue weighted by Crippen LogP contribution is 2.25. The maximum absolute atomic E-state index is 12.8. The molecule has 0 saturated carbocycles. The van der Waals surface area contributed by atoms with Crippen LogP contribution in [0.1, 0.15) is 29.2 Å². The largest absolute Gasteiger partial charge is 0.481 e. The summed E-state index contributed by atoms with van der Waals surface area (Å²) in [5.41, 5.74) is 6.18. The molecule has 1 aliphatic heterocycles. The molecule has 1 saturated heterocycles. The van der Waals surface area contributed by atoms with Crippen LogP contribution in [0.5, 0.6) is 5.75 Å². The summed E-state index contributed by atoms with van der Waals surface area (Å²) in [4.78, 5) is 17.2. The van der Waals surface area contributed by atoms with Crippen molar-refractivity contribution in [1.82, 2.24) is 4.90 Å². The quantitative estimate of drug-likeness (QED) is 0.819. The van der Waals surface area contributed by atoms with Crippen LogP contribution in [0.2, 0.25) is 0 Å². The monoisotopic (exact) mass is 366 g/mol. The molecule has 0 bridgehead atoms. The van der Waals surface area contributed by atoms with Crippen LogP contribution in [0, 0.1) is 27.7 Å². The van der Waals surface area contributed by atoms with Crippen molar-refractivity contribution >= 4 is 11.6 Å². The van der Waals surface area contributed by atoms with E-state index in [2.05, 4.69) is 49.9 Å². The summed E-state index contributed by atoms with van der Waals surface area (Å²) < 4.78 is 5.98. The summed E-state index contributed by atoms with van der Waals surface area (Å²) in [6.45, 7) is 13.4. The summed E-state index contributed by atoms with van der Waals surface area (Å²) >= 11 is 0. The Balaban J connectivity index is 1.61. The molecule has 0 aromatic heterocycles. The van der Waals surface area contributed by atoms with Gasteiger partial charge in [-0.25, -0.2) is 0 Å². The van der Waals surface area contributed by atoms with Crippen molar-refractivity contribution in [3.63, 3.8) is 0 Å². The van der Waals surface area contributed by atoms with E-state index in [9.17, 15) is 4.79 Å². The van der Waals surface area contributed by atoms with E-state index in [1.54, 1.807) is 0 Å². The van der Waals surface area contributed by atoms with E-state index in [0.29, 0.717) is 0 Å². The number of hydrogen-bond donors (Lipinski definition) is 0. The number of anilines is 1. The summed E-state index contributed by atoms with van der Waals surface area (Å²) in [5.74, 6) is 0.862. The van der Waals surface area contributed by atoms with E-state index in [4.69, 9.17) is 4.74 Å². The Kier molecular flexibility index (Phi) is 5.73. The zero-order valence-electron chi connectivity index (χ0n) is 17.1. The number of carbonyl (C=O) groups is 1. The molecule has 0 N–H and O–H groups in total. The molecule has 3 rings (SSSR count). The lowest BCUT2D eigenvalue weighted by Gasteiger charge is -2.38. The SMILES string of the molecule is Cc1cccc(OC(C)C(=O)N2CCN(c3cccc(C)c3C)CC2)c1C. The highest BCUT2D eigenvalue weighted by atomic mass is 16.5. The highest BCUT2D eigenvalue weighted by Gasteiger charge is 2.27. The van der Waals surface area contributed by atoms with Crippen LogP contribution < -0.4 is 9.64 Å². The van der Waals surface area contributed by atoms with Gasteiger partial charge in [0, 0.05) is 31.9 Å². The van der Waals surface area contributed by atoms with Gasteiger partial charge in [-0.3, -0.25) is 4.79 Å². The topological polar surface area (TPSA) is 32.8 Å². The first kappa shape index (κ1) is 19.3. The lowest BCUT2D eigenvalue weighted by molar-refractivity contribution is -0.138. The van der Waals surface area contributed by atoms with Gasteiger partial charge in [-0.15, -0.1) is 0 Å². The number of aryl methyl sites for hydroxylation is 2. The van der Waals surface area contributed by atoms with Crippen LogP contribution in [0.4, 0.5) is 5.69 Å². The third-order valence-corrected chi connectivity index (χ3v) is 5.71. The molecule has 2 aromatic rings. The summed E-state index contributed by atoms with van der Waals surface area (Å²) in [6, 6.07) is 12.4. The molecule has 0 spiro atoms. The normalized spacial score (nSPS) is 15.6. The molecule has 0 aliphatic carbocycles. The number of rotatable bonds is 4. The molecule has 1 fully saturated rings. The van der Waals surface area contributed by atoms with Gasteiger partial charge in [0.15, 0.2) is 6.10 Å². The third kappa shape index (κ3) is 4.10. The number of benzene rings is 2. The van der Waals surface area contributed by atoms with Gasteiger partial charge in [-0.2, -0.15) is 0 Å². The molecule has 1 aliphatic rings. The van der Waals surface area contributed by atoms with Crippen molar-refractivity contribution in [3.8, 4) is 5.75 Å². The van der Waals surface area contributed by atoms with E-state index in [0.717, 1.165) is 37.5 Å². The maximum atomic E-state index is 12.8.